The Hall–Kier alpha value is -1.89. The zero-order valence-electron chi connectivity index (χ0n) is 15.6. The van der Waals surface area contributed by atoms with E-state index in [2.05, 4.69) is 35.2 Å². The van der Waals surface area contributed by atoms with E-state index >= 15 is 0 Å². The third-order valence-electron chi connectivity index (χ3n) is 5.94. The van der Waals surface area contributed by atoms with Crippen LogP contribution in [-0.4, -0.2) is 58.0 Å². The first-order valence-corrected chi connectivity index (χ1v) is 11.3. The zero-order valence-corrected chi connectivity index (χ0v) is 16.4. The van der Waals surface area contributed by atoms with E-state index in [9.17, 15) is 8.42 Å². The van der Waals surface area contributed by atoms with E-state index in [0.717, 1.165) is 39.0 Å². The fourth-order valence-corrected chi connectivity index (χ4v) is 5.84. The number of para-hydroxylation sites is 1. The van der Waals surface area contributed by atoms with Crippen molar-refractivity contribution in [3.05, 3.63) is 60.7 Å². The van der Waals surface area contributed by atoms with Gasteiger partial charge in [0.15, 0.2) is 0 Å². The van der Waals surface area contributed by atoms with Crippen LogP contribution in [0.25, 0.3) is 0 Å². The van der Waals surface area contributed by atoms with Crippen molar-refractivity contribution in [1.29, 1.82) is 0 Å². The van der Waals surface area contributed by atoms with Crippen molar-refractivity contribution in [2.24, 2.45) is 0 Å². The normalized spacial score (nSPS) is 20.7. The van der Waals surface area contributed by atoms with Crippen LogP contribution in [0.4, 0.5) is 5.69 Å². The van der Waals surface area contributed by atoms with E-state index < -0.39 is 10.0 Å². The molecule has 2 fully saturated rings. The molecule has 0 amide bonds. The minimum absolute atomic E-state index is 0.410. The number of anilines is 1. The smallest absolute Gasteiger partial charge is 0.243 e. The van der Waals surface area contributed by atoms with Gasteiger partial charge < -0.3 is 9.80 Å². The SMILES string of the molecule is O=S(=O)(c1ccccc1)N1CCC([NH+]2CCN(c3ccccc3)CC2)CC1. The maximum Gasteiger partial charge on any atom is 0.243 e. The largest absolute Gasteiger partial charge is 0.360 e. The minimum atomic E-state index is -3.35. The summed E-state index contributed by atoms with van der Waals surface area (Å²) in [6.07, 6.45) is 1.90. The molecule has 2 heterocycles. The third-order valence-corrected chi connectivity index (χ3v) is 7.85. The van der Waals surface area contributed by atoms with E-state index in [1.54, 1.807) is 33.5 Å². The maximum absolute atomic E-state index is 12.8. The van der Waals surface area contributed by atoms with E-state index in [0.29, 0.717) is 24.0 Å². The number of benzene rings is 2. The molecule has 2 saturated heterocycles. The molecule has 0 radical (unpaired) electrons. The fraction of sp³-hybridized carbons (Fsp3) is 0.429. The molecule has 6 heteroatoms. The summed E-state index contributed by atoms with van der Waals surface area (Å²) >= 11 is 0. The van der Waals surface area contributed by atoms with Crippen molar-refractivity contribution in [2.75, 3.05) is 44.2 Å². The number of piperazine rings is 1. The molecule has 5 nitrogen and oxygen atoms in total. The topological polar surface area (TPSA) is 45.1 Å². The van der Waals surface area contributed by atoms with Gasteiger partial charge in [0.25, 0.3) is 0 Å². The average Bonchev–Trinajstić information content (AvgIpc) is 2.75. The van der Waals surface area contributed by atoms with E-state index in [-0.39, 0.29) is 0 Å². The molecule has 2 aliphatic heterocycles. The molecule has 0 atom stereocenters. The Bertz CT molecular complexity index is 826. The molecule has 2 aromatic carbocycles. The van der Waals surface area contributed by atoms with Crippen LogP contribution in [0.1, 0.15) is 12.8 Å². The summed E-state index contributed by atoms with van der Waals surface area (Å²) in [4.78, 5) is 4.50. The molecule has 2 aliphatic rings. The molecule has 1 N–H and O–H groups in total. The third kappa shape index (κ3) is 4.03. The Morgan fingerprint density at radius 3 is 1.93 bits per heavy atom. The second-order valence-corrected chi connectivity index (χ2v) is 9.41. The highest BCUT2D eigenvalue weighted by Crippen LogP contribution is 2.20. The molecule has 2 aromatic rings. The van der Waals surface area contributed by atoms with E-state index in [1.807, 2.05) is 6.07 Å². The number of quaternary nitrogens is 1. The van der Waals surface area contributed by atoms with Crippen molar-refractivity contribution in [2.45, 2.75) is 23.8 Å². The van der Waals surface area contributed by atoms with Gasteiger partial charge in [-0.3, -0.25) is 0 Å². The highest BCUT2D eigenvalue weighted by Gasteiger charge is 2.34. The predicted molar refractivity (Wildman–Crippen MR) is 108 cm³/mol. The van der Waals surface area contributed by atoms with Crippen molar-refractivity contribution >= 4 is 15.7 Å². The van der Waals surface area contributed by atoms with Gasteiger partial charge in [0, 0.05) is 31.6 Å². The van der Waals surface area contributed by atoms with Gasteiger partial charge in [-0.15, -0.1) is 0 Å². The van der Waals surface area contributed by atoms with Gasteiger partial charge in [-0.2, -0.15) is 4.31 Å². The zero-order chi connectivity index (χ0) is 18.7. The molecule has 0 unspecified atom stereocenters. The van der Waals surface area contributed by atoms with Crippen LogP contribution in [0.5, 0.6) is 0 Å². The second-order valence-electron chi connectivity index (χ2n) is 7.47. The van der Waals surface area contributed by atoms with Crippen molar-refractivity contribution in [3.8, 4) is 0 Å². The molecule has 0 aromatic heterocycles. The lowest BCUT2D eigenvalue weighted by atomic mass is 10.0. The van der Waals surface area contributed by atoms with Crippen LogP contribution in [0.2, 0.25) is 0 Å². The Morgan fingerprint density at radius 2 is 1.33 bits per heavy atom. The van der Waals surface area contributed by atoms with Crippen LogP contribution in [0.15, 0.2) is 65.6 Å². The second kappa shape index (κ2) is 8.00. The van der Waals surface area contributed by atoms with E-state index in [4.69, 9.17) is 0 Å². The van der Waals surface area contributed by atoms with Crippen molar-refractivity contribution in [3.63, 3.8) is 0 Å². The van der Waals surface area contributed by atoms with Crippen LogP contribution < -0.4 is 9.80 Å². The van der Waals surface area contributed by atoms with Gasteiger partial charge in [0.1, 0.15) is 0 Å². The minimum Gasteiger partial charge on any atom is -0.360 e. The number of nitrogens with zero attached hydrogens (tertiary/aromatic N) is 2. The molecule has 0 aliphatic carbocycles. The van der Waals surface area contributed by atoms with Crippen LogP contribution in [0.3, 0.4) is 0 Å². The molecule has 144 valence electrons. The molecular weight excluding hydrogens is 358 g/mol. The summed E-state index contributed by atoms with van der Waals surface area (Å²) in [7, 11) is -3.35. The van der Waals surface area contributed by atoms with Gasteiger partial charge in [0.05, 0.1) is 37.1 Å². The van der Waals surface area contributed by atoms with Crippen LogP contribution in [-0.2, 0) is 10.0 Å². The first kappa shape index (κ1) is 18.5. The van der Waals surface area contributed by atoms with Crippen molar-refractivity contribution in [1.82, 2.24) is 4.31 Å². The predicted octanol–water partition coefficient (Wildman–Crippen LogP) is 1.24. The fourth-order valence-electron chi connectivity index (χ4n) is 4.35. The van der Waals surface area contributed by atoms with Gasteiger partial charge in [-0.05, 0) is 24.3 Å². The standard InChI is InChI=1S/C21H27N3O2S/c25-27(26,21-9-5-2-6-10-21)24-13-11-20(12-14-24)23-17-15-22(16-18-23)19-7-3-1-4-8-19/h1-10,20H,11-18H2/p+1. The highest BCUT2D eigenvalue weighted by molar-refractivity contribution is 7.89. The molecule has 4 rings (SSSR count). The average molecular weight is 387 g/mol. The Balaban J connectivity index is 1.31. The molecular formula is C21H28N3O2S+. The number of sulfonamides is 1. The molecule has 27 heavy (non-hydrogen) atoms. The maximum atomic E-state index is 12.8. The lowest BCUT2D eigenvalue weighted by molar-refractivity contribution is -0.927. The number of rotatable bonds is 4. The van der Waals surface area contributed by atoms with Gasteiger partial charge >= 0.3 is 0 Å². The molecule has 0 saturated carbocycles. The Labute approximate surface area is 162 Å². The van der Waals surface area contributed by atoms with Gasteiger partial charge in [-0.1, -0.05) is 36.4 Å². The van der Waals surface area contributed by atoms with Crippen molar-refractivity contribution < 1.29 is 13.3 Å². The monoisotopic (exact) mass is 386 g/mol. The molecule has 0 spiro atoms. The first-order chi connectivity index (χ1) is 13.1. The van der Waals surface area contributed by atoms with Gasteiger partial charge in [-0.25, -0.2) is 8.42 Å². The number of hydrogen-bond donors (Lipinski definition) is 1. The summed E-state index contributed by atoms with van der Waals surface area (Å²) in [6.45, 7) is 5.67. The summed E-state index contributed by atoms with van der Waals surface area (Å²) in [6, 6.07) is 20.0. The number of piperidine rings is 1. The van der Waals surface area contributed by atoms with E-state index in [1.165, 1.54) is 5.69 Å². The Morgan fingerprint density at radius 1 is 0.778 bits per heavy atom. The van der Waals surface area contributed by atoms with Crippen LogP contribution in [0, 0.1) is 0 Å². The summed E-state index contributed by atoms with van der Waals surface area (Å²) in [5, 5.41) is 0. The summed E-state index contributed by atoms with van der Waals surface area (Å²) in [5.41, 5.74) is 1.31. The van der Waals surface area contributed by atoms with Crippen LogP contribution >= 0.6 is 0 Å². The number of hydrogen-bond acceptors (Lipinski definition) is 3. The lowest BCUT2D eigenvalue weighted by Crippen LogP contribution is -3.18. The lowest BCUT2D eigenvalue weighted by Gasteiger charge is -2.40. The first-order valence-electron chi connectivity index (χ1n) is 9.84. The highest BCUT2D eigenvalue weighted by atomic mass is 32.2. The Kier molecular flexibility index (Phi) is 5.48. The number of nitrogens with one attached hydrogen (secondary N) is 1. The molecule has 0 bridgehead atoms. The summed E-state index contributed by atoms with van der Waals surface area (Å²) in [5.74, 6) is 0. The summed E-state index contributed by atoms with van der Waals surface area (Å²) < 4.78 is 27.2. The van der Waals surface area contributed by atoms with Gasteiger partial charge in [0.2, 0.25) is 10.0 Å². The quantitative estimate of drug-likeness (QED) is 0.860.